The first kappa shape index (κ1) is 14.3. The Morgan fingerprint density at radius 1 is 1.42 bits per heavy atom. The van der Waals surface area contributed by atoms with Gasteiger partial charge in [0.2, 0.25) is 10.0 Å². The van der Waals surface area contributed by atoms with Crippen molar-refractivity contribution < 1.29 is 8.42 Å². The van der Waals surface area contributed by atoms with Gasteiger partial charge in [-0.1, -0.05) is 6.42 Å². The molecular weight excluding hydrogens is 262 g/mol. The minimum absolute atomic E-state index is 0.0606. The van der Waals surface area contributed by atoms with Crippen molar-refractivity contribution in [3.8, 4) is 0 Å². The predicted octanol–water partition coefficient (Wildman–Crippen LogP) is 1.52. The topological polar surface area (TPSA) is 71.1 Å². The number of anilines is 1. The lowest BCUT2D eigenvalue weighted by atomic mass is 10.0. The van der Waals surface area contributed by atoms with Crippen molar-refractivity contribution in [2.75, 3.05) is 18.1 Å². The molecule has 6 heteroatoms. The van der Waals surface area contributed by atoms with Crippen LogP contribution in [0.25, 0.3) is 0 Å². The van der Waals surface area contributed by atoms with Crippen LogP contribution >= 0.6 is 0 Å². The SMILES string of the molecule is Cc1cc(NCC2CCCC2NS(C)(=O)=O)ccn1. The molecule has 0 radical (unpaired) electrons. The Kier molecular flexibility index (Phi) is 4.42. The van der Waals surface area contributed by atoms with Gasteiger partial charge in [-0.2, -0.15) is 0 Å². The second-order valence-corrected chi connectivity index (χ2v) is 7.03. The van der Waals surface area contributed by atoms with Crippen molar-refractivity contribution in [3.05, 3.63) is 24.0 Å². The van der Waals surface area contributed by atoms with Gasteiger partial charge in [0.25, 0.3) is 0 Å². The van der Waals surface area contributed by atoms with Gasteiger partial charge >= 0.3 is 0 Å². The molecule has 0 spiro atoms. The maximum absolute atomic E-state index is 11.3. The van der Waals surface area contributed by atoms with E-state index < -0.39 is 10.0 Å². The molecule has 2 atom stereocenters. The van der Waals surface area contributed by atoms with Crippen LogP contribution in [0.3, 0.4) is 0 Å². The van der Waals surface area contributed by atoms with E-state index >= 15 is 0 Å². The predicted molar refractivity (Wildman–Crippen MR) is 76.6 cm³/mol. The number of sulfonamides is 1. The molecule has 1 aromatic heterocycles. The third-order valence-corrected chi connectivity index (χ3v) is 4.22. The molecule has 1 aliphatic carbocycles. The van der Waals surface area contributed by atoms with Crippen molar-refractivity contribution >= 4 is 15.7 Å². The second-order valence-electron chi connectivity index (χ2n) is 5.25. The van der Waals surface area contributed by atoms with Gasteiger partial charge in [0.05, 0.1) is 6.26 Å². The minimum Gasteiger partial charge on any atom is -0.385 e. The molecule has 0 bridgehead atoms. The van der Waals surface area contributed by atoms with Crippen LogP contribution in [0.2, 0.25) is 0 Å². The number of hydrogen-bond donors (Lipinski definition) is 2. The average molecular weight is 283 g/mol. The highest BCUT2D eigenvalue weighted by Gasteiger charge is 2.29. The number of aryl methyl sites for hydroxylation is 1. The molecule has 2 unspecified atom stereocenters. The molecule has 1 aromatic rings. The molecule has 2 N–H and O–H groups in total. The van der Waals surface area contributed by atoms with Crippen LogP contribution in [-0.4, -0.2) is 32.2 Å². The van der Waals surface area contributed by atoms with Crippen LogP contribution in [0.15, 0.2) is 18.3 Å². The summed E-state index contributed by atoms with van der Waals surface area (Å²) >= 11 is 0. The van der Waals surface area contributed by atoms with Gasteiger partial charge in [-0.25, -0.2) is 13.1 Å². The summed E-state index contributed by atoms with van der Waals surface area (Å²) in [6.45, 7) is 2.74. The highest BCUT2D eigenvalue weighted by Crippen LogP contribution is 2.26. The number of rotatable bonds is 5. The number of pyridine rings is 1. The number of nitrogens with zero attached hydrogens (tertiary/aromatic N) is 1. The fourth-order valence-corrected chi connectivity index (χ4v) is 3.48. The molecule has 1 fully saturated rings. The van der Waals surface area contributed by atoms with Gasteiger partial charge in [0, 0.05) is 30.2 Å². The van der Waals surface area contributed by atoms with Gasteiger partial charge in [-0.15, -0.1) is 0 Å². The summed E-state index contributed by atoms with van der Waals surface area (Å²) < 4.78 is 25.4. The number of hydrogen-bond acceptors (Lipinski definition) is 4. The Labute approximate surface area is 114 Å². The summed E-state index contributed by atoms with van der Waals surface area (Å²) in [7, 11) is -3.12. The molecule has 2 rings (SSSR count). The average Bonchev–Trinajstić information content (AvgIpc) is 2.71. The second kappa shape index (κ2) is 5.88. The van der Waals surface area contributed by atoms with Gasteiger partial charge in [-0.05, 0) is 37.8 Å². The summed E-state index contributed by atoms with van der Waals surface area (Å²) in [5, 5.41) is 3.37. The Hall–Kier alpha value is -1.14. The lowest BCUT2D eigenvalue weighted by molar-refractivity contribution is 0.463. The van der Waals surface area contributed by atoms with E-state index in [4.69, 9.17) is 0 Å². The van der Waals surface area contributed by atoms with Crippen molar-refractivity contribution in [1.29, 1.82) is 0 Å². The van der Waals surface area contributed by atoms with E-state index in [1.54, 1.807) is 6.20 Å². The molecule has 0 saturated heterocycles. The number of nitrogens with one attached hydrogen (secondary N) is 2. The van der Waals surface area contributed by atoms with Crippen LogP contribution in [0.4, 0.5) is 5.69 Å². The van der Waals surface area contributed by atoms with E-state index in [1.165, 1.54) is 6.26 Å². The monoisotopic (exact) mass is 283 g/mol. The van der Waals surface area contributed by atoms with Gasteiger partial charge in [0.1, 0.15) is 0 Å². The van der Waals surface area contributed by atoms with Crippen LogP contribution in [-0.2, 0) is 10.0 Å². The molecule has 5 nitrogen and oxygen atoms in total. The first-order valence-electron chi connectivity index (χ1n) is 6.58. The fraction of sp³-hybridized carbons (Fsp3) is 0.615. The van der Waals surface area contributed by atoms with E-state index in [1.807, 2.05) is 19.1 Å². The van der Waals surface area contributed by atoms with Crippen molar-refractivity contribution in [1.82, 2.24) is 9.71 Å². The summed E-state index contributed by atoms with van der Waals surface area (Å²) in [6.07, 6.45) is 6.06. The maximum Gasteiger partial charge on any atom is 0.208 e. The molecule has 106 valence electrons. The normalized spacial score (nSPS) is 23.5. The summed E-state index contributed by atoms with van der Waals surface area (Å²) in [5.74, 6) is 0.350. The quantitative estimate of drug-likeness (QED) is 0.859. The van der Waals surface area contributed by atoms with Crippen molar-refractivity contribution in [2.24, 2.45) is 5.92 Å². The molecule has 1 heterocycles. The van der Waals surface area contributed by atoms with Crippen LogP contribution in [0, 0.1) is 12.8 Å². The maximum atomic E-state index is 11.3. The zero-order chi connectivity index (χ0) is 13.9. The summed E-state index contributed by atoms with van der Waals surface area (Å²) in [6, 6.07) is 3.99. The smallest absolute Gasteiger partial charge is 0.208 e. The highest BCUT2D eigenvalue weighted by molar-refractivity contribution is 7.88. The first-order chi connectivity index (χ1) is 8.94. The molecule has 1 saturated carbocycles. The van der Waals surface area contributed by atoms with E-state index in [-0.39, 0.29) is 6.04 Å². The molecule has 19 heavy (non-hydrogen) atoms. The van der Waals surface area contributed by atoms with Gasteiger partial charge < -0.3 is 5.32 Å². The van der Waals surface area contributed by atoms with Crippen LogP contribution in [0.5, 0.6) is 0 Å². The third kappa shape index (κ3) is 4.47. The lowest BCUT2D eigenvalue weighted by Gasteiger charge is -2.20. The molecule has 1 aliphatic rings. The zero-order valence-electron chi connectivity index (χ0n) is 11.4. The highest BCUT2D eigenvalue weighted by atomic mass is 32.2. The van der Waals surface area contributed by atoms with Crippen LogP contribution in [0.1, 0.15) is 25.0 Å². The summed E-state index contributed by atoms with van der Waals surface area (Å²) in [4.78, 5) is 4.15. The number of aromatic nitrogens is 1. The largest absolute Gasteiger partial charge is 0.385 e. The van der Waals surface area contributed by atoms with E-state index in [0.717, 1.165) is 37.2 Å². The van der Waals surface area contributed by atoms with Crippen molar-refractivity contribution in [2.45, 2.75) is 32.2 Å². The van der Waals surface area contributed by atoms with Gasteiger partial charge in [0.15, 0.2) is 0 Å². The Bertz CT molecular complexity index is 530. The lowest BCUT2D eigenvalue weighted by Crippen LogP contribution is -2.38. The Morgan fingerprint density at radius 2 is 2.21 bits per heavy atom. The van der Waals surface area contributed by atoms with Gasteiger partial charge in [-0.3, -0.25) is 4.98 Å². The first-order valence-corrected chi connectivity index (χ1v) is 8.47. The standard InChI is InChI=1S/C13H21N3O2S/c1-10-8-12(6-7-14-10)15-9-11-4-3-5-13(11)16-19(2,17)18/h6-8,11,13,16H,3-5,9H2,1-2H3,(H,14,15). The van der Waals surface area contributed by atoms with E-state index in [0.29, 0.717) is 5.92 Å². The summed E-state index contributed by atoms with van der Waals surface area (Å²) in [5.41, 5.74) is 2.01. The molecular formula is C13H21N3O2S. The van der Waals surface area contributed by atoms with E-state index in [9.17, 15) is 8.42 Å². The molecule has 0 aliphatic heterocycles. The third-order valence-electron chi connectivity index (χ3n) is 3.49. The van der Waals surface area contributed by atoms with E-state index in [2.05, 4.69) is 15.0 Å². The molecule has 0 aromatic carbocycles. The fourth-order valence-electron chi connectivity index (χ4n) is 2.62. The Balaban J connectivity index is 1.91. The van der Waals surface area contributed by atoms with Crippen LogP contribution < -0.4 is 10.0 Å². The zero-order valence-corrected chi connectivity index (χ0v) is 12.2. The molecule has 0 amide bonds. The van der Waals surface area contributed by atoms with Crippen molar-refractivity contribution in [3.63, 3.8) is 0 Å². The minimum atomic E-state index is -3.12. The Morgan fingerprint density at radius 3 is 2.89 bits per heavy atom.